The summed E-state index contributed by atoms with van der Waals surface area (Å²) < 4.78 is 6.44. The van der Waals surface area contributed by atoms with Crippen molar-refractivity contribution in [2.75, 3.05) is 13.2 Å². The molecule has 2 amide bonds. The standard InChI is InChI=1S/C23H29ClN4O4/c1-5-32-21(30)18-12-19-20(29)27(13-16-6-8-17(24)9-7-16)23(4,14-28(19)26-18)22(31)25-11-10-15(2)3/h6-9,12,15H,5,10-11,13-14H2,1-4H3,(H,25,31). The predicted octanol–water partition coefficient (Wildman–Crippen LogP) is 3.29. The number of hydrogen-bond acceptors (Lipinski definition) is 5. The summed E-state index contributed by atoms with van der Waals surface area (Å²) in [5.74, 6) is -0.810. The maximum atomic E-state index is 13.5. The SMILES string of the molecule is CCOC(=O)c1cc2n(n1)CC(C)(C(=O)NCCC(C)C)N(Cc1ccc(Cl)cc1)C2=O. The molecule has 0 saturated carbocycles. The Bertz CT molecular complexity index is 1000. The molecule has 0 aliphatic carbocycles. The third kappa shape index (κ3) is 4.96. The predicted molar refractivity (Wildman–Crippen MR) is 120 cm³/mol. The van der Waals surface area contributed by atoms with Crippen LogP contribution in [0.1, 0.15) is 60.7 Å². The van der Waals surface area contributed by atoms with Gasteiger partial charge in [-0.25, -0.2) is 4.79 Å². The van der Waals surface area contributed by atoms with E-state index in [2.05, 4.69) is 24.3 Å². The highest BCUT2D eigenvalue weighted by atomic mass is 35.5. The van der Waals surface area contributed by atoms with E-state index in [1.165, 1.54) is 15.6 Å². The lowest BCUT2D eigenvalue weighted by Crippen LogP contribution is -2.63. The van der Waals surface area contributed by atoms with Crippen molar-refractivity contribution in [2.45, 2.75) is 52.7 Å². The Labute approximate surface area is 192 Å². The lowest BCUT2D eigenvalue weighted by molar-refractivity contribution is -0.133. The van der Waals surface area contributed by atoms with Crippen LogP contribution in [0.4, 0.5) is 0 Å². The molecule has 0 bridgehead atoms. The molecule has 1 unspecified atom stereocenters. The molecule has 1 aliphatic heterocycles. The van der Waals surface area contributed by atoms with Crippen molar-refractivity contribution in [3.05, 3.63) is 52.3 Å². The molecule has 0 fully saturated rings. The maximum Gasteiger partial charge on any atom is 0.358 e. The van der Waals surface area contributed by atoms with Crippen LogP contribution in [-0.4, -0.2) is 51.2 Å². The van der Waals surface area contributed by atoms with Gasteiger partial charge in [-0.2, -0.15) is 5.10 Å². The van der Waals surface area contributed by atoms with Crippen LogP contribution in [-0.2, 0) is 22.6 Å². The fourth-order valence-electron chi connectivity index (χ4n) is 3.63. The van der Waals surface area contributed by atoms with Crippen LogP contribution in [0.25, 0.3) is 0 Å². The van der Waals surface area contributed by atoms with Gasteiger partial charge in [-0.05, 0) is 43.9 Å². The molecule has 3 rings (SSSR count). The number of nitrogens with one attached hydrogen (secondary N) is 1. The number of benzene rings is 1. The van der Waals surface area contributed by atoms with Crippen molar-refractivity contribution in [3.63, 3.8) is 0 Å². The highest BCUT2D eigenvalue weighted by molar-refractivity contribution is 6.30. The Morgan fingerprint density at radius 1 is 1.28 bits per heavy atom. The van der Waals surface area contributed by atoms with Crippen molar-refractivity contribution in [1.29, 1.82) is 0 Å². The van der Waals surface area contributed by atoms with Gasteiger partial charge >= 0.3 is 5.97 Å². The van der Waals surface area contributed by atoms with Crippen LogP contribution >= 0.6 is 11.6 Å². The average Bonchev–Trinajstić information content (AvgIpc) is 3.16. The molecule has 1 atom stereocenters. The van der Waals surface area contributed by atoms with Crippen LogP contribution in [0.2, 0.25) is 5.02 Å². The highest BCUT2D eigenvalue weighted by Gasteiger charge is 2.48. The van der Waals surface area contributed by atoms with Gasteiger partial charge in [0.25, 0.3) is 5.91 Å². The van der Waals surface area contributed by atoms with Gasteiger partial charge in [0.1, 0.15) is 11.2 Å². The molecule has 2 heterocycles. The third-order valence-electron chi connectivity index (χ3n) is 5.53. The van der Waals surface area contributed by atoms with E-state index >= 15 is 0 Å². The van der Waals surface area contributed by atoms with Crippen molar-refractivity contribution < 1.29 is 19.1 Å². The zero-order valence-corrected chi connectivity index (χ0v) is 19.6. The number of fused-ring (bicyclic) bond motifs is 1. The fourth-order valence-corrected chi connectivity index (χ4v) is 3.76. The summed E-state index contributed by atoms with van der Waals surface area (Å²) in [7, 11) is 0. The van der Waals surface area contributed by atoms with Crippen LogP contribution < -0.4 is 5.32 Å². The van der Waals surface area contributed by atoms with E-state index in [9.17, 15) is 14.4 Å². The van der Waals surface area contributed by atoms with E-state index in [-0.39, 0.29) is 42.9 Å². The number of carbonyl (C=O) groups excluding carboxylic acids is 3. The Morgan fingerprint density at radius 2 is 1.97 bits per heavy atom. The van der Waals surface area contributed by atoms with Crippen LogP contribution in [0, 0.1) is 5.92 Å². The summed E-state index contributed by atoms with van der Waals surface area (Å²) in [4.78, 5) is 40.5. The first kappa shape index (κ1) is 23.8. The summed E-state index contributed by atoms with van der Waals surface area (Å²) in [6.45, 7) is 8.63. The van der Waals surface area contributed by atoms with Gasteiger partial charge in [0.15, 0.2) is 5.69 Å². The average molecular weight is 461 g/mol. The molecule has 2 aromatic rings. The molecule has 0 saturated heterocycles. The molecule has 1 aliphatic rings. The number of halogens is 1. The molecule has 32 heavy (non-hydrogen) atoms. The minimum atomic E-state index is -1.20. The number of hydrogen-bond donors (Lipinski definition) is 1. The lowest BCUT2D eigenvalue weighted by atomic mass is 9.94. The number of aromatic nitrogens is 2. The van der Waals surface area contributed by atoms with Gasteiger partial charge in [0.05, 0.1) is 13.2 Å². The van der Waals surface area contributed by atoms with Gasteiger partial charge in [0.2, 0.25) is 5.91 Å². The topological polar surface area (TPSA) is 93.5 Å². The Balaban J connectivity index is 1.96. The van der Waals surface area contributed by atoms with Crippen molar-refractivity contribution in [1.82, 2.24) is 20.0 Å². The maximum absolute atomic E-state index is 13.5. The molecule has 172 valence electrons. The molecular weight excluding hydrogens is 432 g/mol. The van der Waals surface area contributed by atoms with Gasteiger partial charge < -0.3 is 15.0 Å². The molecule has 8 nitrogen and oxygen atoms in total. The minimum Gasteiger partial charge on any atom is -0.461 e. The van der Waals surface area contributed by atoms with E-state index in [1.54, 1.807) is 26.0 Å². The smallest absolute Gasteiger partial charge is 0.358 e. The lowest BCUT2D eigenvalue weighted by Gasteiger charge is -2.43. The van der Waals surface area contributed by atoms with E-state index in [0.29, 0.717) is 17.5 Å². The zero-order chi connectivity index (χ0) is 23.5. The number of ether oxygens (including phenoxy) is 1. The van der Waals surface area contributed by atoms with Gasteiger partial charge in [-0.15, -0.1) is 0 Å². The Kier molecular flexibility index (Phi) is 7.23. The van der Waals surface area contributed by atoms with Crippen LogP contribution in [0.5, 0.6) is 0 Å². The molecule has 0 spiro atoms. The Morgan fingerprint density at radius 3 is 2.59 bits per heavy atom. The number of nitrogens with zero attached hydrogens (tertiary/aromatic N) is 3. The van der Waals surface area contributed by atoms with E-state index in [4.69, 9.17) is 16.3 Å². The normalized spacial score (nSPS) is 17.9. The van der Waals surface area contributed by atoms with Crippen molar-refractivity contribution >= 4 is 29.4 Å². The van der Waals surface area contributed by atoms with E-state index in [1.807, 2.05) is 12.1 Å². The van der Waals surface area contributed by atoms with Crippen molar-refractivity contribution in [2.24, 2.45) is 5.92 Å². The quantitative estimate of drug-likeness (QED) is 0.610. The minimum absolute atomic E-state index is 0.0473. The van der Waals surface area contributed by atoms with Gasteiger partial charge in [-0.1, -0.05) is 37.6 Å². The second-order valence-electron chi connectivity index (χ2n) is 8.52. The van der Waals surface area contributed by atoms with Crippen LogP contribution in [0.3, 0.4) is 0 Å². The Hall–Kier alpha value is -2.87. The summed E-state index contributed by atoms with van der Waals surface area (Å²) in [5, 5.41) is 7.81. The molecule has 0 radical (unpaired) electrons. The summed E-state index contributed by atoms with van der Waals surface area (Å²) in [6.07, 6.45) is 0.826. The first-order valence-electron chi connectivity index (χ1n) is 10.8. The second-order valence-corrected chi connectivity index (χ2v) is 8.96. The van der Waals surface area contributed by atoms with E-state index < -0.39 is 11.5 Å². The number of rotatable bonds is 8. The van der Waals surface area contributed by atoms with E-state index in [0.717, 1.165) is 12.0 Å². The number of esters is 1. The first-order valence-corrected chi connectivity index (χ1v) is 11.1. The number of carbonyl (C=O) groups is 3. The first-order chi connectivity index (χ1) is 15.2. The molecule has 1 N–H and O–H groups in total. The highest BCUT2D eigenvalue weighted by Crippen LogP contribution is 2.30. The van der Waals surface area contributed by atoms with Gasteiger partial charge in [-0.3, -0.25) is 14.3 Å². The molecule has 1 aromatic heterocycles. The summed E-state index contributed by atoms with van der Waals surface area (Å²) >= 11 is 6.00. The van der Waals surface area contributed by atoms with Crippen LogP contribution in [0.15, 0.2) is 30.3 Å². The van der Waals surface area contributed by atoms with Crippen molar-refractivity contribution in [3.8, 4) is 0 Å². The van der Waals surface area contributed by atoms with Gasteiger partial charge in [0, 0.05) is 24.2 Å². The summed E-state index contributed by atoms with van der Waals surface area (Å²) in [5.41, 5.74) is -0.0679. The largest absolute Gasteiger partial charge is 0.461 e. The second kappa shape index (κ2) is 9.73. The zero-order valence-electron chi connectivity index (χ0n) is 18.9. The third-order valence-corrected chi connectivity index (χ3v) is 5.78. The molecule has 9 heteroatoms. The fraction of sp³-hybridized carbons (Fsp3) is 0.478. The summed E-state index contributed by atoms with van der Waals surface area (Å²) in [6, 6.07) is 8.56. The molecule has 1 aromatic carbocycles. The monoisotopic (exact) mass is 460 g/mol. The molecular formula is C23H29ClN4O4. The number of amides is 2.